The average molecular weight is 522 g/mol. The van der Waals surface area contributed by atoms with Crippen LogP contribution in [0, 0.1) is 17.2 Å². The Bertz CT molecular complexity index is 1430. The summed E-state index contributed by atoms with van der Waals surface area (Å²) < 4.78 is 17.7. The van der Waals surface area contributed by atoms with Crippen LogP contribution in [0.25, 0.3) is 21.7 Å². The van der Waals surface area contributed by atoms with Crippen LogP contribution in [-0.4, -0.2) is 43.7 Å². The maximum absolute atomic E-state index is 15.0. The smallest absolute Gasteiger partial charge is 0.259 e. The standard InChI is InChI=1S/C27H32FN7OS/c1-16(2)35-15-29-33-24(35)20-7-6-8-23(30-20)32-25(36)18-13-22-21(14-19(18)28)31-26(37-22)34-11-9-17(10-12-34)27(3,4)5/h6-8,13-17H,9-12H2,1-5H3,(H,30,32,36). The number of hydrogen-bond acceptors (Lipinski definition) is 7. The number of aromatic nitrogens is 5. The Kier molecular flexibility index (Phi) is 6.70. The van der Waals surface area contributed by atoms with Gasteiger partial charge in [-0.05, 0) is 56.2 Å². The first-order chi connectivity index (χ1) is 17.6. The molecule has 0 spiro atoms. The second-order valence-corrected chi connectivity index (χ2v) is 12.0. The molecule has 0 aliphatic carbocycles. The average Bonchev–Trinajstić information content (AvgIpc) is 3.50. The van der Waals surface area contributed by atoms with Crippen molar-refractivity contribution < 1.29 is 9.18 Å². The fourth-order valence-corrected chi connectivity index (χ4v) is 5.84. The number of halogens is 1. The molecule has 1 aliphatic heterocycles. The summed E-state index contributed by atoms with van der Waals surface area (Å²) >= 11 is 1.50. The Labute approximate surface area is 220 Å². The van der Waals surface area contributed by atoms with Gasteiger partial charge in [0.25, 0.3) is 5.91 Å². The summed E-state index contributed by atoms with van der Waals surface area (Å²) in [6.07, 6.45) is 3.87. The Balaban J connectivity index is 1.34. The van der Waals surface area contributed by atoms with Gasteiger partial charge in [0.1, 0.15) is 23.7 Å². The maximum Gasteiger partial charge on any atom is 0.259 e. The molecule has 1 aliphatic rings. The van der Waals surface area contributed by atoms with Crippen molar-refractivity contribution in [2.45, 2.75) is 53.5 Å². The van der Waals surface area contributed by atoms with Crippen molar-refractivity contribution in [2.24, 2.45) is 11.3 Å². The lowest BCUT2D eigenvalue weighted by atomic mass is 9.75. The van der Waals surface area contributed by atoms with Gasteiger partial charge in [-0.25, -0.2) is 14.4 Å². The molecule has 1 N–H and O–H groups in total. The molecule has 0 unspecified atom stereocenters. The number of nitrogens with zero attached hydrogens (tertiary/aromatic N) is 6. The van der Waals surface area contributed by atoms with Gasteiger partial charge in [-0.3, -0.25) is 4.79 Å². The fraction of sp³-hybridized carbons (Fsp3) is 0.444. The molecule has 8 nitrogen and oxygen atoms in total. The number of amides is 1. The number of benzene rings is 1. The molecule has 1 fully saturated rings. The monoisotopic (exact) mass is 521 g/mol. The summed E-state index contributed by atoms with van der Waals surface area (Å²) in [6, 6.07) is 8.33. The summed E-state index contributed by atoms with van der Waals surface area (Å²) in [5, 5.41) is 11.7. The van der Waals surface area contributed by atoms with E-state index in [-0.39, 0.29) is 11.6 Å². The van der Waals surface area contributed by atoms with E-state index in [0.29, 0.717) is 34.2 Å². The van der Waals surface area contributed by atoms with Crippen LogP contribution in [0.2, 0.25) is 0 Å². The predicted octanol–water partition coefficient (Wildman–Crippen LogP) is 6.18. The zero-order valence-corrected chi connectivity index (χ0v) is 22.6. The van der Waals surface area contributed by atoms with Gasteiger partial charge in [-0.15, -0.1) is 10.2 Å². The third kappa shape index (κ3) is 5.20. The van der Waals surface area contributed by atoms with Crippen molar-refractivity contribution in [2.75, 3.05) is 23.3 Å². The molecule has 194 valence electrons. The summed E-state index contributed by atoms with van der Waals surface area (Å²) in [7, 11) is 0. The Morgan fingerprint density at radius 1 is 1.16 bits per heavy atom. The van der Waals surface area contributed by atoms with Crippen molar-refractivity contribution in [3.63, 3.8) is 0 Å². The number of rotatable bonds is 5. The molecular formula is C27H32FN7OS. The van der Waals surface area contributed by atoms with E-state index < -0.39 is 11.7 Å². The van der Waals surface area contributed by atoms with E-state index in [4.69, 9.17) is 0 Å². The topological polar surface area (TPSA) is 88.8 Å². The first-order valence-corrected chi connectivity index (χ1v) is 13.4. The number of carbonyl (C=O) groups is 1. The van der Waals surface area contributed by atoms with Gasteiger partial charge >= 0.3 is 0 Å². The van der Waals surface area contributed by atoms with Gasteiger partial charge in [0.2, 0.25) is 0 Å². The Hall–Kier alpha value is -3.40. The molecule has 1 aromatic carbocycles. The van der Waals surface area contributed by atoms with Gasteiger partial charge < -0.3 is 14.8 Å². The third-order valence-corrected chi connectivity index (χ3v) is 8.13. The summed E-state index contributed by atoms with van der Waals surface area (Å²) in [5.41, 5.74) is 1.40. The van der Waals surface area contributed by atoms with Gasteiger partial charge in [0.15, 0.2) is 11.0 Å². The van der Waals surface area contributed by atoms with E-state index >= 15 is 0 Å². The van der Waals surface area contributed by atoms with E-state index in [2.05, 4.69) is 51.2 Å². The predicted molar refractivity (Wildman–Crippen MR) is 146 cm³/mol. The number of hydrogen-bond donors (Lipinski definition) is 1. The summed E-state index contributed by atoms with van der Waals surface area (Å²) in [6.45, 7) is 12.8. The van der Waals surface area contributed by atoms with Crippen LogP contribution in [0.3, 0.4) is 0 Å². The lowest BCUT2D eigenvalue weighted by Crippen LogP contribution is -2.37. The second-order valence-electron chi connectivity index (χ2n) is 10.9. The molecule has 0 bridgehead atoms. The lowest BCUT2D eigenvalue weighted by Gasteiger charge is -2.38. The van der Waals surface area contributed by atoms with Crippen LogP contribution in [-0.2, 0) is 0 Å². The number of fused-ring (bicyclic) bond motifs is 1. The number of piperidine rings is 1. The van der Waals surface area contributed by atoms with Gasteiger partial charge in [-0.1, -0.05) is 38.2 Å². The zero-order valence-electron chi connectivity index (χ0n) is 21.8. The molecule has 10 heteroatoms. The van der Waals surface area contributed by atoms with Crippen LogP contribution in [0.15, 0.2) is 36.7 Å². The van der Waals surface area contributed by atoms with E-state index in [9.17, 15) is 9.18 Å². The van der Waals surface area contributed by atoms with Gasteiger partial charge in [0.05, 0.1) is 15.8 Å². The van der Waals surface area contributed by atoms with Crippen molar-refractivity contribution in [3.05, 3.63) is 48.0 Å². The molecular weight excluding hydrogens is 489 g/mol. The van der Waals surface area contributed by atoms with Crippen LogP contribution in [0.1, 0.15) is 63.9 Å². The molecule has 4 aromatic rings. The highest BCUT2D eigenvalue weighted by Crippen LogP contribution is 2.38. The Morgan fingerprint density at radius 3 is 2.62 bits per heavy atom. The molecule has 3 aromatic heterocycles. The first-order valence-electron chi connectivity index (χ1n) is 12.6. The number of thiazole rings is 1. The number of pyridine rings is 1. The minimum atomic E-state index is -0.607. The SMILES string of the molecule is CC(C)n1cnnc1-c1cccc(NC(=O)c2cc3sc(N4CCC(C(C)(C)C)CC4)nc3cc2F)n1. The normalized spacial score (nSPS) is 15.1. The van der Waals surface area contributed by atoms with Gasteiger partial charge in [-0.2, -0.15) is 0 Å². The zero-order chi connectivity index (χ0) is 26.3. The lowest BCUT2D eigenvalue weighted by molar-refractivity contribution is 0.102. The van der Waals surface area contributed by atoms with E-state index in [1.165, 1.54) is 17.4 Å². The minimum Gasteiger partial charge on any atom is -0.348 e. The summed E-state index contributed by atoms with van der Waals surface area (Å²) in [4.78, 5) is 24.5. The largest absolute Gasteiger partial charge is 0.348 e. The molecule has 4 heterocycles. The number of anilines is 2. The second kappa shape index (κ2) is 9.81. The van der Waals surface area contributed by atoms with Crippen LogP contribution >= 0.6 is 11.3 Å². The van der Waals surface area contributed by atoms with Crippen molar-refractivity contribution >= 4 is 38.4 Å². The molecule has 1 saturated heterocycles. The molecule has 0 saturated carbocycles. The number of carbonyl (C=O) groups excluding carboxylic acids is 1. The third-order valence-electron chi connectivity index (χ3n) is 7.05. The summed E-state index contributed by atoms with van der Waals surface area (Å²) in [5.74, 6) is 0.424. The van der Waals surface area contributed by atoms with Gasteiger partial charge in [0, 0.05) is 25.2 Å². The van der Waals surface area contributed by atoms with Crippen LogP contribution in [0.5, 0.6) is 0 Å². The van der Waals surface area contributed by atoms with Crippen molar-refractivity contribution in [1.29, 1.82) is 0 Å². The fourth-order valence-electron chi connectivity index (χ4n) is 4.80. The quantitative estimate of drug-likeness (QED) is 0.337. The molecule has 37 heavy (non-hydrogen) atoms. The molecule has 0 radical (unpaired) electrons. The van der Waals surface area contributed by atoms with Crippen molar-refractivity contribution in [3.8, 4) is 11.5 Å². The van der Waals surface area contributed by atoms with E-state index in [1.807, 2.05) is 18.4 Å². The maximum atomic E-state index is 15.0. The van der Waals surface area contributed by atoms with Crippen LogP contribution in [0.4, 0.5) is 15.3 Å². The first kappa shape index (κ1) is 25.3. The van der Waals surface area contributed by atoms with Crippen LogP contribution < -0.4 is 10.2 Å². The minimum absolute atomic E-state index is 0.0355. The highest BCUT2D eigenvalue weighted by atomic mass is 32.1. The van der Waals surface area contributed by atoms with E-state index in [0.717, 1.165) is 35.8 Å². The van der Waals surface area contributed by atoms with Crippen molar-refractivity contribution in [1.82, 2.24) is 24.7 Å². The number of nitrogens with one attached hydrogen (secondary N) is 1. The molecule has 1 amide bonds. The molecule has 5 rings (SSSR count). The molecule has 0 atom stereocenters. The Morgan fingerprint density at radius 2 is 1.92 bits per heavy atom. The highest BCUT2D eigenvalue weighted by Gasteiger charge is 2.30. The van der Waals surface area contributed by atoms with E-state index in [1.54, 1.807) is 30.6 Å². The highest BCUT2D eigenvalue weighted by molar-refractivity contribution is 7.22.